The summed E-state index contributed by atoms with van der Waals surface area (Å²) in [6.07, 6.45) is 2.76. The summed E-state index contributed by atoms with van der Waals surface area (Å²) < 4.78 is 0. The summed E-state index contributed by atoms with van der Waals surface area (Å²) >= 11 is 7.33. The zero-order chi connectivity index (χ0) is 16.9. The predicted octanol–water partition coefficient (Wildman–Crippen LogP) is 4.51. The fourth-order valence-electron chi connectivity index (χ4n) is 2.21. The van der Waals surface area contributed by atoms with Crippen LogP contribution < -0.4 is 5.32 Å². The molecule has 0 radical (unpaired) electrons. The van der Waals surface area contributed by atoms with E-state index in [0.29, 0.717) is 27.0 Å². The van der Waals surface area contributed by atoms with Crippen LogP contribution in [0.15, 0.2) is 54.7 Å². The number of benzene rings is 2. The number of hydrogen-bond acceptors (Lipinski definition) is 5. The molecule has 24 heavy (non-hydrogen) atoms. The Morgan fingerprint density at radius 2 is 2.04 bits per heavy atom. The lowest BCUT2D eigenvalue weighted by atomic mass is 10.1. The van der Waals surface area contributed by atoms with Crippen molar-refractivity contribution in [1.29, 1.82) is 0 Å². The minimum Gasteiger partial charge on any atom is -0.332 e. The fourth-order valence-corrected chi connectivity index (χ4v) is 3.22. The Labute approximate surface area is 148 Å². The second-order valence-corrected chi connectivity index (χ2v) is 6.47. The van der Waals surface area contributed by atoms with Gasteiger partial charge < -0.3 is 10.1 Å². The van der Waals surface area contributed by atoms with Crippen molar-refractivity contribution in [3.05, 3.63) is 75.8 Å². The van der Waals surface area contributed by atoms with Crippen LogP contribution in [-0.2, 0) is 11.2 Å². The number of aromatic nitrogens is 1. The lowest BCUT2D eigenvalue weighted by Crippen LogP contribution is -1.99. The van der Waals surface area contributed by atoms with Gasteiger partial charge in [-0.2, -0.15) is 0 Å². The van der Waals surface area contributed by atoms with E-state index >= 15 is 0 Å². The third-order valence-corrected chi connectivity index (χ3v) is 4.59. The third-order valence-electron chi connectivity index (χ3n) is 3.35. The molecule has 1 heterocycles. The van der Waals surface area contributed by atoms with Crippen LogP contribution in [0.3, 0.4) is 0 Å². The SMILES string of the molecule is O=CCc1cccc(Nc2ncc(C(=O)c3ccccc3Cl)s2)c1. The highest BCUT2D eigenvalue weighted by atomic mass is 35.5. The molecule has 0 fully saturated rings. The minimum absolute atomic E-state index is 0.152. The van der Waals surface area contributed by atoms with Gasteiger partial charge in [-0.05, 0) is 29.8 Å². The van der Waals surface area contributed by atoms with E-state index in [-0.39, 0.29) is 5.78 Å². The quantitative estimate of drug-likeness (QED) is 0.521. The number of anilines is 2. The second-order valence-electron chi connectivity index (χ2n) is 5.03. The molecule has 0 aliphatic heterocycles. The Balaban J connectivity index is 1.78. The number of carbonyl (C=O) groups excluding carboxylic acids is 2. The molecule has 0 aliphatic rings. The fraction of sp³-hybridized carbons (Fsp3) is 0.0556. The van der Waals surface area contributed by atoms with E-state index in [1.165, 1.54) is 17.5 Å². The Morgan fingerprint density at radius 1 is 1.21 bits per heavy atom. The van der Waals surface area contributed by atoms with Crippen LogP contribution in [-0.4, -0.2) is 17.1 Å². The smallest absolute Gasteiger partial charge is 0.206 e. The Morgan fingerprint density at radius 3 is 2.83 bits per heavy atom. The van der Waals surface area contributed by atoms with Gasteiger partial charge in [-0.15, -0.1) is 0 Å². The molecule has 0 unspecified atom stereocenters. The van der Waals surface area contributed by atoms with E-state index in [9.17, 15) is 9.59 Å². The molecule has 0 saturated carbocycles. The topological polar surface area (TPSA) is 59.1 Å². The average Bonchev–Trinajstić information content (AvgIpc) is 3.04. The van der Waals surface area contributed by atoms with Gasteiger partial charge in [0.15, 0.2) is 5.13 Å². The second kappa shape index (κ2) is 7.38. The summed E-state index contributed by atoms with van der Waals surface area (Å²) in [5, 5.41) is 4.18. The van der Waals surface area contributed by atoms with Crippen molar-refractivity contribution in [2.24, 2.45) is 0 Å². The highest BCUT2D eigenvalue weighted by Gasteiger charge is 2.15. The molecule has 0 atom stereocenters. The number of carbonyl (C=O) groups is 2. The van der Waals surface area contributed by atoms with Crippen LogP contribution in [0.5, 0.6) is 0 Å². The Hall–Kier alpha value is -2.50. The van der Waals surface area contributed by atoms with E-state index in [2.05, 4.69) is 10.3 Å². The molecule has 2 aromatic carbocycles. The van der Waals surface area contributed by atoms with Gasteiger partial charge in [0, 0.05) is 17.7 Å². The van der Waals surface area contributed by atoms with Crippen LogP contribution in [0, 0.1) is 0 Å². The molecule has 0 aliphatic carbocycles. The molecule has 120 valence electrons. The molecule has 4 nitrogen and oxygen atoms in total. The van der Waals surface area contributed by atoms with Gasteiger partial charge in [0.05, 0.1) is 16.1 Å². The van der Waals surface area contributed by atoms with Gasteiger partial charge >= 0.3 is 0 Å². The molecular weight excluding hydrogens is 344 g/mol. The lowest BCUT2D eigenvalue weighted by molar-refractivity contribution is -0.107. The average molecular weight is 357 g/mol. The van der Waals surface area contributed by atoms with Gasteiger partial charge in [-0.25, -0.2) is 4.98 Å². The van der Waals surface area contributed by atoms with E-state index in [1.807, 2.05) is 24.3 Å². The molecule has 1 N–H and O–H groups in total. The van der Waals surface area contributed by atoms with Crippen molar-refractivity contribution in [1.82, 2.24) is 4.98 Å². The predicted molar refractivity (Wildman–Crippen MR) is 96.5 cm³/mol. The molecule has 0 amide bonds. The number of rotatable bonds is 6. The highest BCUT2D eigenvalue weighted by Crippen LogP contribution is 2.27. The van der Waals surface area contributed by atoms with Crippen LogP contribution in [0.4, 0.5) is 10.8 Å². The highest BCUT2D eigenvalue weighted by molar-refractivity contribution is 7.17. The van der Waals surface area contributed by atoms with Crippen molar-refractivity contribution >= 4 is 45.8 Å². The molecule has 3 rings (SSSR count). The van der Waals surface area contributed by atoms with Crippen molar-refractivity contribution in [2.75, 3.05) is 5.32 Å². The molecule has 0 spiro atoms. The Kier molecular flexibility index (Phi) is 5.03. The monoisotopic (exact) mass is 356 g/mol. The van der Waals surface area contributed by atoms with Crippen molar-refractivity contribution in [3.8, 4) is 0 Å². The lowest BCUT2D eigenvalue weighted by Gasteiger charge is -2.04. The minimum atomic E-state index is -0.152. The van der Waals surface area contributed by atoms with Crippen molar-refractivity contribution in [2.45, 2.75) is 6.42 Å². The van der Waals surface area contributed by atoms with E-state index in [1.54, 1.807) is 24.3 Å². The normalized spacial score (nSPS) is 10.4. The molecule has 6 heteroatoms. The maximum Gasteiger partial charge on any atom is 0.206 e. The maximum atomic E-state index is 12.5. The van der Waals surface area contributed by atoms with Gasteiger partial charge in [-0.3, -0.25) is 4.79 Å². The van der Waals surface area contributed by atoms with Crippen LogP contribution in [0.25, 0.3) is 0 Å². The number of hydrogen-bond donors (Lipinski definition) is 1. The van der Waals surface area contributed by atoms with E-state index in [0.717, 1.165) is 17.5 Å². The van der Waals surface area contributed by atoms with Gasteiger partial charge in [0.1, 0.15) is 6.29 Å². The summed E-state index contributed by atoms with van der Waals surface area (Å²) in [7, 11) is 0. The number of halogens is 1. The van der Waals surface area contributed by atoms with E-state index in [4.69, 9.17) is 11.6 Å². The summed E-state index contributed by atoms with van der Waals surface area (Å²) in [6, 6.07) is 14.5. The molecule has 0 saturated heterocycles. The number of aldehydes is 1. The van der Waals surface area contributed by atoms with E-state index < -0.39 is 0 Å². The largest absolute Gasteiger partial charge is 0.332 e. The molecule has 1 aromatic heterocycles. The standard InChI is InChI=1S/C18H13ClN2O2S/c19-15-7-2-1-6-14(15)17(23)16-11-20-18(24-16)21-13-5-3-4-12(10-13)8-9-22/h1-7,9-11H,8H2,(H,20,21). The van der Waals surface area contributed by atoms with Gasteiger partial charge in [0.2, 0.25) is 5.78 Å². The van der Waals surface area contributed by atoms with Crippen molar-refractivity contribution in [3.63, 3.8) is 0 Å². The summed E-state index contributed by atoms with van der Waals surface area (Å²) in [6.45, 7) is 0. The number of nitrogens with one attached hydrogen (secondary N) is 1. The van der Waals surface area contributed by atoms with Crippen LogP contribution >= 0.6 is 22.9 Å². The van der Waals surface area contributed by atoms with Gasteiger partial charge in [-0.1, -0.05) is 47.2 Å². The first-order chi connectivity index (χ1) is 11.7. The summed E-state index contributed by atoms with van der Waals surface area (Å²) in [5.41, 5.74) is 2.20. The van der Waals surface area contributed by atoms with Crippen molar-refractivity contribution < 1.29 is 9.59 Å². The maximum absolute atomic E-state index is 12.5. The first kappa shape index (κ1) is 16.4. The number of thiazole rings is 1. The third kappa shape index (κ3) is 3.69. The zero-order valence-electron chi connectivity index (χ0n) is 12.5. The molecular formula is C18H13ClN2O2S. The van der Waals surface area contributed by atoms with Crippen LogP contribution in [0.1, 0.15) is 20.8 Å². The molecule has 3 aromatic rings. The van der Waals surface area contributed by atoms with Crippen LogP contribution in [0.2, 0.25) is 5.02 Å². The summed E-state index contributed by atoms with van der Waals surface area (Å²) in [4.78, 5) is 27.8. The summed E-state index contributed by atoms with van der Waals surface area (Å²) in [5.74, 6) is -0.152. The molecule has 0 bridgehead atoms. The Bertz CT molecular complexity index is 892. The first-order valence-corrected chi connectivity index (χ1v) is 8.41. The number of nitrogens with zero attached hydrogens (tertiary/aromatic N) is 1. The number of ketones is 1. The zero-order valence-corrected chi connectivity index (χ0v) is 14.1. The first-order valence-electron chi connectivity index (χ1n) is 7.22. The van der Waals surface area contributed by atoms with Gasteiger partial charge in [0.25, 0.3) is 0 Å².